The van der Waals surface area contributed by atoms with E-state index in [9.17, 15) is 13.2 Å². The SMILES string of the molecule is Cc1ccc(S(=O)(=O)NCc2ccccc2)cc1C(=O)NCCc1c[nH]c2ccccc12. The average Bonchev–Trinajstić information content (AvgIpc) is 3.22. The number of hydrogen-bond donors (Lipinski definition) is 3. The number of rotatable bonds is 8. The van der Waals surface area contributed by atoms with Gasteiger partial charge in [0.05, 0.1) is 4.90 Å². The van der Waals surface area contributed by atoms with Crippen LogP contribution >= 0.6 is 0 Å². The quantitative estimate of drug-likeness (QED) is 0.382. The van der Waals surface area contributed by atoms with E-state index < -0.39 is 10.0 Å². The summed E-state index contributed by atoms with van der Waals surface area (Å²) in [5.74, 6) is -0.289. The Kier molecular flexibility index (Phi) is 6.39. The molecular weight excluding hydrogens is 422 g/mol. The van der Waals surface area contributed by atoms with Crippen LogP contribution < -0.4 is 10.0 Å². The summed E-state index contributed by atoms with van der Waals surface area (Å²) in [5.41, 5.74) is 4.12. The number of H-pyrrole nitrogens is 1. The van der Waals surface area contributed by atoms with Crippen molar-refractivity contribution in [2.24, 2.45) is 0 Å². The number of carbonyl (C=O) groups is 1. The molecule has 0 saturated heterocycles. The number of aromatic amines is 1. The molecule has 0 atom stereocenters. The van der Waals surface area contributed by atoms with Crippen molar-refractivity contribution in [3.8, 4) is 0 Å². The second-order valence-corrected chi connectivity index (χ2v) is 9.42. The minimum Gasteiger partial charge on any atom is -0.361 e. The molecule has 0 aliphatic carbocycles. The molecule has 0 aliphatic heterocycles. The lowest BCUT2D eigenvalue weighted by atomic mass is 10.1. The molecule has 1 amide bonds. The van der Waals surface area contributed by atoms with Crippen molar-refractivity contribution in [1.29, 1.82) is 0 Å². The average molecular weight is 448 g/mol. The Morgan fingerprint density at radius 3 is 2.53 bits per heavy atom. The molecule has 0 radical (unpaired) electrons. The molecule has 7 heteroatoms. The van der Waals surface area contributed by atoms with Crippen LogP contribution in [-0.4, -0.2) is 25.9 Å². The van der Waals surface area contributed by atoms with Crippen molar-refractivity contribution in [2.75, 3.05) is 6.54 Å². The summed E-state index contributed by atoms with van der Waals surface area (Å²) in [4.78, 5) is 16.1. The third-order valence-electron chi connectivity index (χ3n) is 5.43. The number of aromatic nitrogens is 1. The minimum absolute atomic E-state index is 0.0702. The van der Waals surface area contributed by atoms with Crippen LogP contribution in [0.2, 0.25) is 0 Å². The number of fused-ring (bicyclic) bond motifs is 1. The number of amides is 1. The zero-order chi connectivity index (χ0) is 22.6. The lowest BCUT2D eigenvalue weighted by molar-refractivity contribution is 0.0953. The highest BCUT2D eigenvalue weighted by molar-refractivity contribution is 7.89. The van der Waals surface area contributed by atoms with Crippen LogP contribution in [0.4, 0.5) is 0 Å². The molecule has 32 heavy (non-hydrogen) atoms. The number of hydrogen-bond acceptors (Lipinski definition) is 3. The first kappa shape index (κ1) is 21.8. The maximum atomic E-state index is 12.8. The molecule has 164 valence electrons. The van der Waals surface area contributed by atoms with Gasteiger partial charge in [-0.3, -0.25) is 4.79 Å². The smallest absolute Gasteiger partial charge is 0.251 e. The predicted molar refractivity (Wildman–Crippen MR) is 126 cm³/mol. The third-order valence-corrected chi connectivity index (χ3v) is 6.83. The van der Waals surface area contributed by atoms with Gasteiger partial charge in [0.15, 0.2) is 0 Å². The maximum Gasteiger partial charge on any atom is 0.251 e. The van der Waals surface area contributed by atoms with Gasteiger partial charge in [-0.25, -0.2) is 13.1 Å². The molecule has 1 aromatic heterocycles. The van der Waals surface area contributed by atoms with E-state index in [1.54, 1.807) is 13.0 Å². The largest absolute Gasteiger partial charge is 0.361 e. The maximum absolute atomic E-state index is 12.8. The van der Waals surface area contributed by atoms with E-state index in [1.165, 1.54) is 12.1 Å². The van der Waals surface area contributed by atoms with Crippen molar-refractivity contribution in [1.82, 2.24) is 15.0 Å². The Morgan fingerprint density at radius 2 is 1.72 bits per heavy atom. The molecule has 3 N–H and O–H groups in total. The summed E-state index contributed by atoms with van der Waals surface area (Å²) >= 11 is 0. The van der Waals surface area contributed by atoms with E-state index in [0.717, 1.165) is 27.6 Å². The zero-order valence-corrected chi connectivity index (χ0v) is 18.6. The summed E-state index contributed by atoms with van der Waals surface area (Å²) in [6, 6.07) is 21.9. The first-order valence-electron chi connectivity index (χ1n) is 10.4. The van der Waals surface area contributed by atoms with Crippen LogP contribution in [0.25, 0.3) is 10.9 Å². The molecule has 4 aromatic rings. The Morgan fingerprint density at radius 1 is 0.969 bits per heavy atom. The van der Waals surface area contributed by atoms with E-state index in [-0.39, 0.29) is 17.3 Å². The molecule has 0 unspecified atom stereocenters. The fourth-order valence-corrected chi connectivity index (χ4v) is 4.66. The number of sulfonamides is 1. The van der Waals surface area contributed by atoms with Gasteiger partial charge in [0.2, 0.25) is 10.0 Å². The fourth-order valence-electron chi connectivity index (χ4n) is 3.61. The van der Waals surface area contributed by atoms with Crippen LogP contribution in [0.1, 0.15) is 27.0 Å². The Bertz CT molecular complexity index is 1350. The molecule has 0 aliphatic rings. The van der Waals surface area contributed by atoms with Crippen LogP contribution in [0.5, 0.6) is 0 Å². The highest BCUT2D eigenvalue weighted by Crippen LogP contribution is 2.19. The van der Waals surface area contributed by atoms with Gasteiger partial charge in [0.25, 0.3) is 5.91 Å². The van der Waals surface area contributed by atoms with Gasteiger partial charge in [-0.15, -0.1) is 0 Å². The van der Waals surface area contributed by atoms with Crippen LogP contribution in [-0.2, 0) is 23.0 Å². The molecular formula is C25H25N3O3S. The highest BCUT2D eigenvalue weighted by Gasteiger charge is 2.18. The highest BCUT2D eigenvalue weighted by atomic mass is 32.2. The molecule has 0 saturated carbocycles. The summed E-state index contributed by atoms with van der Waals surface area (Å²) in [6.45, 7) is 2.43. The molecule has 0 fully saturated rings. The van der Waals surface area contributed by atoms with Gasteiger partial charge in [0.1, 0.15) is 0 Å². The number of nitrogens with one attached hydrogen (secondary N) is 3. The Balaban J connectivity index is 1.42. The summed E-state index contributed by atoms with van der Waals surface area (Å²) in [7, 11) is -3.75. The number of carbonyl (C=O) groups excluding carboxylic acids is 1. The van der Waals surface area contributed by atoms with E-state index in [2.05, 4.69) is 15.0 Å². The monoisotopic (exact) mass is 447 g/mol. The summed E-state index contributed by atoms with van der Waals surface area (Å²) in [6.07, 6.45) is 2.62. The Hall–Kier alpha value is -3.42. The van der Waals surface area contributed by atoms with Gasteiger partial charge < -0.3 is 10.3 Å². The molecule has 1 heterocycles. The summed E-state index contributed by atoms with van der Waals surface area (Å²) < 4.78 is 28.1. The summed E-state index contributed by atoms with van der Waals surface area (Å²) in [5, 5.41) is 4.05. The molecule has 6 nitrogen and oxygen atoms in total. The standard InChI is InChI=1S/C25H25N3O3S/c1-18-11-12-21(32(30,31)28-16-19-7-3-2-4-8-19)15-23(18)25(29)26-14-13-20-17-27-24-10-6-5-9-22(20)24/h2-12,15,17,27-28H,13-14,16H2,1H3,(H,26,29). The van der Waals surface area contributed by atoms with E-state index >= 15 is 0 Å². The van der Waals surface area contributed by atoms with E-state index in [4.69, 9.17) is 0 Å². The lowest BCUT2D eigenvalue weighted by Crippen LogP contribution is -2.27. The van der Waals surface area contributed by atoms with Gasteiger partial charge >= 0.3 is 0 Å². The van der Waals surface area contributed by atoms with Crippen molar-refractivity contribution in [2.45, 2.75) is 24.8 Å². The van der Waals surface area contributed by atoms with E-state index in [1.807, 2.05) is 60.8 Å². The number of para-hydroxylation sites is 1. The topological polar surface area (TPSA) is 91.1 Å². The number of aryl methyl sites for hydroxylation is 1. The predicted octanol–water partition coefficient (Wildman–Crippen LogP) is 3.93. The van der Waals surface area contributed by atoms with Gasteiger partial charge in [-0.1, -0.05) is 54.6 Å². The van der Waals surface area contributed by atoms with Crippen molar-refractivity contribution in [3.63, 3.8) is 0 Å². The van der Waals surface area contributed by atoms with Crippen LogP contribution in [0.15, 0.2) is 83.9 Å². The second-order valence-electron chi connectivity index (χ2n) is 7.65. The minimum atomic E-state index is -3.75. The van der Waals surface area contributed by atoms with Crippen LogP contribution in [0.3, 0.4) is 0 Å². The van der Waals surface area contributed by atoms with Crippen molar-refractivity contribution >= 4 is 26.8 Å². The molecule has 3 aromatic carbocycles. The van der Waals surface area contributed by atoms with Crippen LogP contribution in [0, 0.1) is 6.92 Å². The van der Waals surface area contributed by atoms with Gasteiger partial charge in [-0.05, 0) is 48.2 Å². The second kappa shape index (κ2) is 9.38. The Labute approximate surface area is 187 Å². The molecule has 4 rings (SSSR count). The molecule has 0 spiro atoms. The lowest BCUT2D eigenvalue weighted by Gasteiger charge is -2.11. The zero-order valence-electron chi connectivity index (χ0n) is 17.8. The molecule has 0 bridgehead atoms. The first-order valence-corrected chi connectivity index (χ1v) is 11.9. The third kappa shape index (κ3) is 4.90. The number of benzene rings is 3. The van der Waals surface area contributed by atoms with Crippen molar-refractivity contribution in [3.05, 3.63) is 101 Å². The van der Waals surface area contributed by atoms with Gasteiger partial charge in [0, 0.05) is 35.8 Å². The first-order chi connectivity index (χ1) is 15.4. The van der Waals surface area contributed by atoms with E-state index in [0.29, 0.717) is 18.5 Å². The van der Waals surface area contributed by atoms with Gasteiger partial charge in [-0.2, -0.15) is 0 Å². The normalized spacial score (nSPS) is 11.5. The fraction of sp³-hybridized carbons (Fsp3) is 0.160. The van der Waals surface area contributed by atoms with Crippen molar-refractivity contribution < 1.29 is 13.2 Å².